The van der Waals surface area contributed by atoms with Crippen molar-refractivity contribution >= 4 is 11.6 Å². The van der Waals surface area contributed by atoms with Gasteiger partial charge in [0.2, 0.25) is 5.91 Å². The first-order valence-corrected chi connectivity index (χ1v) is 8.01. The molecule has 2 unspecified atom stereocenters. The molecule has 1 aromatic rings. The molecular weight excluding hydrogens is 262 g/mol. The van der Waals surface area contributed by atoms with Crippen molar-refractivity contribution in [2.45, 2.75) is 57.7 Å². The molecule has 4 nitrogen and oxygen atoms in total. The van der Waals surface area contributed by atoms with Gasteiger partial charge in [0, 0.05) is 35.9 Å². The van der Waals surface area contributed by atoms with Crippen molar-refractivity contribution < 1.29 is 4.79 Å². The number of fused-ring (bicyclic) bond motifs is 2. The predicted octanol–water partition coefficient (Wildman–Crippen LogP) is 2.20. The zero-order valence-corrected chi connectivity index (χ0v) is 12.9. The van der Waals surface area contributed by atoms with E-state index < -0.39 is 0 Å². The lowest BCUT2D eigenvalue weighted by Gasteiger charge is -2.39. The summed E-state index contributed by atoms with van der Waals surface area (Å²) in [5.74, 6) is -0.345. The maximum atomic E-state index is 11.4. The Morgan fingerprint density at radius 1 is 1.33 bits per heavy atom. The van der Waals surface area contributed by atoms with Crippen LogP contribution in [0.15, 0.2) is 18.2 Å². The molecule has 0 aromatic heterocycles. The van der Waals surface area contributed by atoms with E-state index in [4.69, 9.17) is 5.73 Å². The molecule has 0 spiro atoms. The first-order chi connectivity index (χ1) is 10.1. The van der Waals surface area contributed by atoms with Crippen LogP contribution >= 0.6 is 0 Å². The molecular formula is C17H25N3O. The van der Waals surface area contributed by atoms with Crippen molar-refractivity contribution in [2.24, 2.45) is 5.73 Å². The molecule has 0 saturated carbocycles. The second-order valence-electron chi connectivity index (χ2n) is 6.41. The number of nitrogens with two attached hydrogens (primary N) is 1. The molecule has 2 fully saturated rings. The van der Waals surface area contributed by atoms with Crippen LogP contribution in [0.5, 0.6) is 0 Å². The third kappa shape index (κ3) is 2.77. The SMILES string of the molecule is CCN(c1ccc(C(N)=O)c(C)c1)C1CC2CCC(C1)N2. The molecule has 2 saturated heterocycles. The fourth-order valence-electron chi connectivity index (χ4n) is 4.04. The van der Waals surface area contributed by atoms with E-state index in [1.807, 2.05) is 19.1 Å². The molecule has 2 bridgehead atoms. The Morgan fingerprint density at radius 3 is 2.52 bits per heavy atom. The molecule has 0 aliphatic carbocycles. The van der Waals surface area contributed by atoms with E-state index in [1.165, 1.54) is 31.4 Å². The van der Waals surface area contributed by atoms with Crippen molar-refractivity contribution in [3.8, 4) is 0 Å². The average molecular weight is 287 g/mol. The van der Waals surface area contributed by atoms with Crippen molar-refractivity contribution in [1.82, 2.24) is 5.32 Å². The third-order valence-corrected chi connectivity index (χ3v) is 5.04. The molecule has 3 rings (SSSR count). The Kier molecular flexibility index (Phi) is 3.89. The van der Waals surface area contributed by atoms with E-state index in [0.29, 0.717) is 23.7 Å². The normalized spacial score (nSPS) is 27.6. The quantitative estimate of drug-likeness (QED) is 0.892. The number of nitrogens with zero attached hydrogens (tertiary/aromatic N) is 1. The van der Waals surface area contributed by atoms with Crippen LogP contribution < -0.4 is 16.0 Å². The van der Waals surface area contributed by atoms with E-state index in [-0.39, 0.29) is 5.91 Å². The summed E-state index contributed by atoms with van der Waals surface area (Å²) in [6.07, 6.45) is 5.08. The Balaban J connectivity index is 1.83. The van der Waals surface area contributed by atoms with Crippen LogP contribution in [0.3, 0.4) is 0 Å². The van der Waals surface area contributed by atoms with Crippen molar-refractivity contribution in [3.05, 3.63) is 29.3 Å². The maximum Gasteiger partial charge on any atom is 0.248 e. The number of carbonyl (C=O) groups excluding carboxylic acids is 1. The van der Waals surface area contributed by atoms with Crippen LogP contribution in [0.1, 0.15) is 48.5 Å². The monoisotopic (exact) mass is 287 g/mol. The molecule has 2 atom stereocenters. The Labute approximate surface area is 126 Å². The number of piperidine rings is 1. The lowest BCUT2D eigenvalue weighted by Crippen LogP contribution is -2.48. The molecule has 0 radical (unpaired) electrons. The standard InChI is InChI=1S/C17H25N3O/c1-3-20(15-9-12-4-5-13(10-15)19-12)14-6-7-16(17(18)21)11(2)8-14/h6-8,12-13,15,19H,3-5,9-10H2,1-2H3,(H2,18,21). The first-order valence-electron chi connectivity index (χ1n) is 8.01. The van der Waals surface area contributed by atoms with Gasteiger partial charge in [-0.2, -0.15) is 0 Å². The largest absolute Gasteiger partial charge is 0.369 e. The van der Waals surface area contributed by atoms with Crippen LogP contribution in [-0.2, 0) is 0 Å². The zero-order chi connectivity index (χ0) is 15.0. The topological polar surface area (TPSA) is 58.4 Å². The second kappa shape index (κ2) is 5.68. The van der Waals surface area contributed by atoms with Gasteiger partial charge in [-0.25, -0.2) is 0 Å². The van der Waals surface area contributed by atoms with E-state index >= 15 is 0 Å². The maximum absolute atomic E-state index is 11.4. The molecule has 2 aliphatic heterocycles. The van der Waals surface area contributed by atoms with Crippen LogP contribution in [0.4, 0.5) is 5.69 Å². The fraction of sp³-hybridized carbons (Fsp3) is 0.588. The number of hydrogen-bond acceptors (Lipinski definition) is 3. The van der Waals surface area contributed by atoms with Crippen LogP contribution in [0, 0.1) is 6.92 Å². The van der Waals surface area contributed by atoms with Gasteiger partial charge in [-0.05, 0) is 63.3 Å². The van der Waals surface area contributed by atoms with Gasteiger partial charge in [0.05, 0.1) is 0 Å². The lowest BCUT2D eigenvalue weighted by atomic mass is 9.97. The number of benzene rings is 1. The molecule has 1 amide bonds. The second-order valence-corrected chi connectivity index (χ2v) is 6.41. The Bertz CT molecular complexity index is 531. The number of hydrogen-bond donors (Lipinski definition) is 2. The minimum absolute atomic E-state index is 0.345. The minimum atomic E-state index is -0.345. The van der Waals surface area contributed by atoms with Crippen LogP contribution in [0.25, 0.3) is 0 Å². The highest BCUT2D eigenvalue weighted by Gasteiger charge is 2.35. The van der Waals surface area contributed by atoms with E-state index in [1.54, 1.807) is 0 Å². The van der Waals surface area contributed by atoms with Crippen molar-refractivity contribution in [1.29, 1.82) is 0 Å². The molecule has 4 heteroatoms. The van der Waals surface area contributed by atoms with Gasteiger partial charge in [-0.1, -0.05) is 0 Å². The number of anilines is 1. The van der Waals surface area contributed by atoms with Gasteiger partial charge in [0.1, 0.15) is 0 Å². The smallest absolute Gasteiger partial charge is 0.248 e. The van der Waals surface area contributed by atoms with E-state index in [9.17, 15) is 4.79 Å². The average Bonchev–Trinajstić information content (AvgIpc) is 2.78. The lowest BCUT2D eigenvalue weighted by molar-refractivity contribution is 0.1000. The van der Waals surface area contributed by atoms with Crippen molar-refractivity contribution in [2.75, 3.05) is 11.4 Å². The fourth-order valence-corrected chi connectivity index (χ4v) is 4.04. The summed E-state index contributed by atoms with van der Waals surface area (Å²) >= 11 is 0. The third-order valence-electron chi connectivity index (χ3n) is 5.04. The van der Waals surface area contributed by atoms with Crippen LogP contribution in [-0.4, -0.2) is 30.6 Å². The highest BCUT2D eigenvalue weighted by Crippen LogP contribution is 2.32. The highest BCUT2D eigenvalue weighted by molar-refractivity contribution is 5.94. The zero-order valence-electron chi connectivity index (χ0n) is 12.9. The Morgan fingerprint density at radius 2 is 2.00 bits per heavy atom. The van der Waals surface area contributed by atoms with Crippen LogP contribution in [0.2, 0.25) is 0 Å². The number of rotatable bonds is 4. The summed E-state index contributed by atoms with van der Waals surface area (Å²) in [6, 6.07) is 7.99. The first kappa shape index (κ1) is 14.4. The molecule has 21 heavy (non-hydrogen) atoms. The van der Waals surface area contributed by atoms with E-state index in [0.717, 1.165) is 12.1 Å². The number of nitrogens with one attached hydrogen (secondary N) is 1. The number of primary amides is 1. The molecule has 3 N–H and O–H groups in total. The highest BCUT2D eigenvalue weighted by atomic mass is 16.1. The van der Waals surface area contributed by atoms with Gasteiger partial charge >= 0.3 is 0 Å². The van der Waals surface area contributed by atoms with Gasteiger partial charge in [-0.15, -0.1) is 0 Å². The summed E-state index contributed by atoms with van der Waals surface area (Å²) in [7, 11) is 0. The number of amides is 1. The predicted molar refractivity (Wildman–Crippen MR) is 85.7 cm³/mol. The number of aryl methyl sites for hydroxylation is 1. The summed E-state index contributed by atoms with van der Waals surface area (Å²) in [5, 5.41) is 3.70. The summed E-state index contributed by atoms with van der Waals surface area (Å²) < 4.78 is 0. The summed E-state index contributed by atoms with van der Waals surface area (Å²) in [6.45, 7) is 5.17. The minimum Gasteiger partial charge on any atom is -0.369 e. The Hall–Kier alpha value is -1.55. The molecule has 114 valence electrons. The molecule has 2 heterocycles. The van der Waals surface area contributed by atoms with E-state index in [2.05, 4.69) is 23.2 Å². The summed E-state index contributed by atoms with van der Waals surface area (Å²) in [4.78, 5) is 13.9. The van der Waals surface area contributed by atoms with Gasteiger partial charge in [0.15, 0.2) is 0 Å². The van der Waals surface area contributed by atoms with Gasteiger partial charge in [0.25, 0.3) is 0 Å². The molecule has 2 aliphatic rings. The van der Waals surface area contributed by atoms with Gasteiger partial charge < -0.3 is 16.0 Å². The number of carbonyl (C=O) groups is 1. The molecule has 1 aromatic carbocycles. The van der Waals surface area contributed by atoms with Crippen molar-refractivity contribution in [3.63, 3.8) is 0 Å². The van der Waals surface area contributed by atoms with Gasteiger partial charge in [-0.3, -0.25) is 4.79 Å². The summed E-state index contributed by atoms with van der Waals surface area (Å²) in [5.41, 5.74) is 8.21.